The minimum absolute atomic E-state index is 0.536. The van der Waals surface area contributed by atoms with E-state index in [0.29, 0.717) is 6.01 Å². The molecule has 39 heavy (non-hydrogen) atoms. The quantitative estimate of drug-likeness (QED) is 0.241. The number of para-hydroxylation sites is 3. The van der Waals surface area contributed by atoms with E-state index < -0.39 is 0 Å². The maximum absolute atomic E-state index is 6.55. The van der Waals surface area contributed by atoms with Crippen LogP contribution in [0.2, 0.25) is 0 Å². The molecular weight excluding hydrogens is 478 g/mol. The summed E-state index contributed by atoms with van der Waals surface area (Å²) < 4.78 is 8.88. The van der Waals surface area contributed by atoms with Crippen molar-refractivity contribution in [3.8, 4) is 5.69 Å². The summed E-state index contributed by atoms with van der Waals surface area (Å²) in [6.07, 6.45) is 0. The largest absolute Gasteiger partial charge is 0.422 e. The summed E-state index contributed by atoms with van der Waals surface area (Å²) in [6.45, 7) is 0. The average molecular weight is 502 g/mol. The van der Waals surface area contributed by atoms with Crippen LogP contribution in [0.25, 0.3) is 49.4 Å². The highest BCUT2D eigenvalue weighted by Crippen LogP contribution is 2.40. The Bertz CT molecular complexity index is 2120. The number of anilines is 3. The molecule has 0 aliphatic rings. The molecule has 8 aromatic rings. The fraction of sp³-hybridized carbons (Fsp3) is 0. The van der Waals surface area contributed by atoms with Crippen molar-refractivity contribution in [2.24, 2.45) is 0 Å². The van der Waals surface area contributed by atoms with Crippen LogP contribution in [0.3, 0.4) is 0 Å². The molecule has 4 nitrogen and oxygen atoms in total. The van der Waals surface area contributed by atoms with Crippen LogP contribution < -0.4 is 4.90 Å². The van der Waals surface area contributed by atoms with Crippen LogP contribution in [0.5, 0.6) is 0 Å². The Balaban J connectivity index is 1.40. The van der Waals surface area contributed by atoms with Crippen LogP contribution >= 0.6 is 0 Å². The Morgan fingerprint density at radius 3 is 2.08 bits per heavy atom. The molecule has 0 unspecified atom stereocenters. The van der Waals surface area contributed by atoms with Gasteiger partial charge in [0.15, 0.2) is 5.58 Å². The van der Waals surface area contributed by atoms with Crippen molar-refractivity contribution < 1.29 is 4.42 Å². The van der Waals surface area contributed by atoms with Crippen LogP contribution in [0, 0.1) is 0 Å². The van der Waals surface area contributed by atoms with E-state index in [2.05, 4.69) is 113 Å². The van der Waals surface area contributed by atoms with Crippen molar-refractivity contribution in [2.45, 2.75) is 0 Å². The SMILES string of the molecule is c1ccc(N(c2ccc3c4ccccc4n(-c4ccccc4)c3c2)c2nc3ccc4ccccc4c3o2)cc1. The molecule has 2 heterocycles. The standard InChI is InChI=1S/C35H23N3O/c1-3-12-25(13-4-1)37(35-36-31-22-19-24-11-7-8-16-28(24)34(31)39-35)27-20-21-30-29-17-9-10-18-32(29)38(33(30)23-27)26-14-5-2-6-15-26/h1-23H. The van der Waals surface area contributed by atoms with Crippen LogP contribution in [-0.4, -0.2) is 9.55 Å². The normalized spacial score (nSPS) is 11.6. The molecule has 0 saturated carbocycles. The van der Waals surface area contributed by atoms with E-state index in [4.69, 9.17) is 9.40 Å². The Labute approximate surface area is 225 Å². The summed E-state index contributed by atoms with van der Waals surface area (Å²) >= 11 is 0. The summed E-state index contributed by atoms with van der Waals surface area (Å²) in [4.78, 5) is 7.07. The predicted octanol–water partition coefficient (Wildman–Crippen LogP) is 9.55. The van der Waals surface area contributed by atoms with Gasteiger partial charge < -0.3 is 8.98 Å². The molecule has 2 aromatic heterocycles. The first-order valence-electron chi connectivity index (χ1n) is 13.1. The molecule has 184 valence electrons. The van der Waals surface area contributed by atoms with Crippen molar-refractivity contribution in [2.75, 3.05) is 4.90 Å². The number of hydrogen-bond acceptors (Lipinski definition) is 3. The zero-order valence-corrected chi connectivity index (χ0v) is 21.0. The van der Waals surface area contributed by atoms with E-state index >= 15 is 0 Å². The highest BCUT2D eigenvalue weighted by atomic mass is 16.4. The molecule has 0 saturated heterocycles. The van der Waals surface area contributed by atoms with Gasteiger partial charge in [-0.05, 0) is 53.9 Å². The van der Waals surface area contributed by atoms with Gasteiger partial charge in [-0.25, -0.2) is 0 Å². The Morgan fingerprint density at radius 1 is 0.538 bits per heavy atom. The number of hydrogen-bond donors (Lipinski definition) is 0. The maximum atomic E-state index is 6.55. The lowest BCUT2D eigenvalue weighted by atomic mass is 10.1. The van der Waals surface area contributed by atoms with E-state index in [-0.39, 0.29) is 0 Å². The zero-order valence-electron chi connectivity index (χ0n) is 21.0. The van der Waals surface area contributed by atoms with E-state index in [0.717, 1.165) is 44.5 Å². The third-order valence-corrected chi connectivity index (χ3v) is 7.40. The third-order valence-electron chi connectivity index (χ3n) is 7.40. The van der Waals surface area contributed by atoms with Gasteiger partial charge in [0.2, 0.25) is 0 Å². The third kappa shape index (κ3) is 3.42. The van der Waals surface area contributed by atoms with Gasteiger partial charge in [-0.2, -0.15) is 4.98 Å². The smallest absolute Gasteiger partial charge is 0.307 e. The number of nitrogens with zero attached hydrogens (tertiary/aromatic N) is 3. The molecule has 8 rings (SSSR count). The molecule has 0 atom stereocenters. The first-order chi connectivity index (χ1) is 19.3. The van der Waals surface area contributed by atoms with E-state index in [9.17, 15) is 0 Å². The lowest BCUT2D eigenvalue weighted by molar-refractivity contribution is 0.611. The fourth-order valence-electron chi connectivity index (χ4n) is 5.64. The molecule has 0 spiro atoms. The molecule has 0 amide bonds. The Hall–Kier alpha value is -5.35. The van der Waals surface area contributed by atoms with Crippen molar-refractivity contribution in [1.29, 1.82) is 0 Å². The zero-order chi connectivity index (χ0) is 25.8. The van der Waals surface area contributed by atoms with Crippen molar-refractivity contribution in [3.63, 3.8) is 0 Å². The highest BCUT2D eigenvalue weighted by Gasteiger charge is 2.21. The monoisotopic (exact) mass is 501 g/mol. The first kappa shape index (κ1) is 21.7. The lowest BCUT2D eigenvalue weighted by Crippen LogP contribution is -2.10. The van der Waals surface area contributed by atoms with Crippen molar-refractivity contribution in [3.05, 3.63) is 140 Å². The van der Waals surface area contributed by atoms with Gasteiger partial charge in [0, 0.05) is 21.8 Å². The van der Waals surface area contributed by atoms with Gasteiger partial charge >= 0.3 is 6.01 Å². The molecular formula is C35H23N3O. The van der Waals surface area contributed by atoms with Crippen LogP contribution in [-0.2, 0) is 0 Å². The molecule has 0 fully saturated rings. The minimum atomic E-state index is 0.536. The van der Waals surface area contributed by atoms with Crippen molar-refractivity contribution >= 4 is 61.1 Å². The minimum Gasteiger partial charge on any atom is -0.422 e. The van der Waals surface area contributed by atoms with Crippen LogP contribution in [0.15, 0.2) is 144 Å². The maximum Gasteiger partial charge on any atom is 0.307 e. The fourth-order valence-corrected chi connectivity index (χ4v) is 5.64. The van der Waals surface area contributed by atoms with Crippen LogP contribution in [0.4, 0.5) is 17.4 Å². The summed E-state index contributed by atoms with van der Waals surface area (Å²) in [6, 6.07) is 48.9. The summed E-state index contributed by atoms with van der Waals surface area (Å²) in [5.74, 6) is 0. The molecule has 0 aliphatic carbocycles. The highest BCUT2D eigenvalue weighted by molar-refractivity contribution is 6.10. The predicted molar refractivity (Wildman–Crippen MR) is 161 cm³/mol. The van der Waals surface area contributed by atoms with Gasteiger partial charge in [0.25, 0.3) is 0 Å². The van der Waals surface area contributed by atoms with Gasteiger partial charge in [0.1, 0.15) is 5.52 Å². The molecule has 0 radical (unpaired) electrons. The average Bonchev–Trinajstić information content (AvgIpc) is 3.57. The summed E-state index contributed by atoms with van der Waals surface area (Å²) in [5.41, 5.74) is 7.02. The lowest BCUT2D eigenvalue weighted by Gasteiger charge is -2.21. The number of aromatic nitrogens is 2. The molecule has 0 bridgehead atoms. The second-order valence-corrected chi connectivity index (χ2v) is 9.69. The Kier molecular flexibility index (Phi) is 4.79. The number of benzene rings is 6. The second kappa shape index (κ2) is 8.61. The summed E-state index contributed by atoms with van der Waals surface area (Å²) in [5, 5.41) is 4.62. The first-order valence-corrected chi connectivity index (χ1v) is 13.1. The van der Waals surface area contributed by atoms with E-state index in [1.165, 1.54) is 16.3 Å². The van der Waals surface area contributed by atoms with E-state index in [1.54, 1.807) is 0 Å². The topological polar surface area (TPSA) is 34.2 Å². The van der Waals surface area contributed by atoms with Gasteiger partial charge in [-0.15, -0.1) is 0 Å². The number of fused-ring (bicyclic) bond motifs is 6. The number of oxazole rings is 1. The van der Waals surface area contributed by atoms with Gasteiger partial charge in [-0.1, -0.05) is 91.0 Å². The number of rotatable bonds is 4. The van der Waals surface area contributed by atoms with Crippen LogP contribution in [0.1, 0.15) is 0 Å². The summed E-state index contributed by atoms with van der Waals surface area (Å²) in [7, 11) is 0. The molecule has 0 aliphatic heterocycles. The van der Waals surface area contributed by atoms with E-state index in [1.807, 2.05) is 36.4 Å². The van der Waals surface area contributed by atoms with Crippen molar-refractivity contribution in [1.82, 2.24) is 9.55 Å². The molecule has 4 heteroatoms. The Morgan fingerprint density at radius 2 is 1.23 bits per heavy atom. The molecule has 0 N–H and O–H groups in total. The van der Waals surface area contributed by atoms with Gasteiger partial charge in [0.05, 0.1) is 22.4 Å². The second-order valence-electron chi connectivity index (χ2n) is 9.69. The molecule has 6 aromatic carbocycles. The van der Waals surface area contributed by atoms with Gasteiger partial charge in [-0.3, -0.25) is 4.90 Å².